The SMILES string of the molecule is O=C(Nc1nnc(-c2ccc(Cl)cc2)s1)c1cccc(C(F)(F)F)c1. The molecule has 1 aromatic heterocycles. The molecule has 0 aliphatic heterocycles. The number of halogens is 4. The summed E-state index contributed by atoms with van der Waals surface area (Å²) < 4.78 is 38.1. The quantitative estimate of drug-likeness (QED) is 0.682. The first kappa shape index (κ1) is 17.4. The summed E-state index contributed by atoms with van der Waals surface area (Å²) in [4.78, 5) is 12.1. The summed E-state index contributed by atoms with van der Waals surface area (Å²) in [5.74, 6) is -0.690. The smallest absolute Gasteiger partial charge is 0.296 e. The average molecular weight is 384 g/mol. The molecule has 0 fully saturated rings. The van der Waals surface area contributed by atoms with Gasteiger partial charge in [-0.2, -0.15) is 13.2 Å². The van der Waals surface area contributed by atoms with Gasteiger partial charge in [-0.15, -0.1) is 10.2 Å². The molecule has 1 heterocycles. The normalized spacial score (nSPS) is 11.4. The van der Waals surface area contributed by atoms with Crippen LogP contribution in [-0.2, 0) is 6.18 Å². The minimum atomic E-state index is -4.51. The number of aromatic nitrogens is 2. The number of nitrogens with zero attached hydrogens (tertiary/aromatic N) is 2. The summed E-state index contributed by atoms with van der Waals surface area (Å²) in [6.45, 7) is 0. The van der Waals surface area contributed by atoms with Crippen molar-refractivity contribution in [3.05, 3.63) is 64.7 Å². The highest BCUT2D eigenvalue weighted by atomic mass is 35.5. The van der Waals surface area contributed by atoms with E-state index < -0.39 is 17.6 Å². The van der Waals surface area contributed by atoms with Crippen LogP contribution in [0.25, 0.3) is 10.6 Å². The van der Waals surface area contributed by atoms with Crippen LogP contribution in [0.3, 0.4) is 0 Å². The van der Waals surface area contributed by atoms with Crippen molar-refractivity contribution in [2.24, 2.45) is 0 Å². The van der Waals surface area contributed by atoms with E-state index in [9.17, 15) is 18.0 Å². The van der Waals surface area contributed by atoms with Gasteiger partial charge in [0.25, 0.3) is 5.91 Å². The molecule has 0 radical (unpaired) electrons. The first-order chi connectivity index (χ1) is 11.8. The van der Waals surface area contributed by atoms with E-state index in [4.69, 9.17) is 11.6 Å². The molecule has 128 valence electrons. The highest BCUT2D eigenvalue weighted by Gasteiger charge is 2.31. The molecular formula is C16H9ClF3N3OS. The molecule has 1 N–H and O–H groups in total. The van der Waals surface area contributed by atoms with Crippen molar-refractivity contribution in [3.8, 4) is 10.6 Å². The number of nitrogens with one attached hydrogen (secondary N) is 1. The van der Waals surface area contributed by atoms with Crippen LogP contribution in [0, 0.1) is 0 Å². The molecule has 0 saturated carbocycles. The monoisotopic (exact) mass is 383 g/mol. The van der Waals surface area contributed by atoms with Gasteiger partial charge in [-0.25, -0.2) is 0 Å². The minimum Gasteiger partial charge on any atom is -0.296 e. The molecule has 0 saturated heterocycles. The third-order valence-electron chi connectivity index (χ3n) is 3.19. The number of benzene rings is 2. The number of hydrogen-bond donors (Lipinski definition) is 1. The zero-order valence-corrected chi connectivity index (χ0v) is 13.9. The fourth-order valence-electron chi connectivity index (χ4n) is 1.99. The van der Waals surface area contributed by atoms with Crippen LogP contribution < -0.4 is 5.32 Å². The van der Waals surface area contributed by atoms with Crippen LogP contribution in [0.1, 0.15) is 15.9 Å². The minimum absolute atomic E-state index is 0.113. The Morgan fingerprint density at radius 2 is 1.80 bits per heavy atom. The number of carbonyl (C=O) groups is 1. The van der Waals surface area contributed by atoms with Gasteiger partial charge in [-0.1, -0.05) is 41.1 Å². The summed E-state index contributed by atoms with van der Waals surface area (Å²) in [5, 5.41) is 11.5. The molecule has 9 heteroatoms. The van der Waals surface area contributed by atoms with Gasteiger partial charge in [0.1, 0.15) is 5.01 Å². The Balaban J connectivity index is 1.77. The van der Waals surface area contributed by atoms with Gasteiger partial charge in [0.2, 0.25) is 5.13 Å². The summed E-state index contributed by atoms with van der Waals surface area (Å²) >= 11 is 6.92. The zero-order chi connectivity index (χ0) is 18.0. The number of amides is 1. The van der Waals surface area contributed by atoms with E-state index >= 15 is 0 Å². The lowest BCUT2D eigenvalue weighted by Crippen LogP contribution is -2.13. The van der Waals surface area contributed by atoms with E-state index in [1.54, 1.807) is 24.3 Å². The zero-order valence-electron chi connectivity index (χ0n) is 12.3. The molecule has 4 nitrogen and oxygen atoms in total. The first-order valence-electron chi connectivity index (χ1n) is 6.91. The third kappa shape index (κ3) is 4.15. The Labute approximate surface area is 149 Å². The Hall–Kier alpha value is -2.45. The van der Waals surface area contributed by atoms with Crippen LogP contribution in [0.2, 0.25) is 5.02 Å². The largest absolute Gasteiger partial charge is 0.416 e. The average Bonchev–Trinajstić information content (AvgIpc) is 3.03. The lowest BCUT2D eigenvalue weighted by atomic mass is 10.1. The van der Waals surface area contributed by atoms with Gasteiger partial charge < -0.3 is 0 Å². The van der Waals surface area contributed by atoms with E-state index in [1.807, 2.05) is 0 Å². The highest BCUT2D eigenvalue weighted by molar-refractivity contribution is 7.18. The van der Waals surface area contributed by atoms with Crippen molar-refractivity contribution in [2.45, 2.75) is 6.18 Å². The van der Waals surface area contributed by atoms with Crippen molar-refractivity contribution >= 4 is 34.0 Å². The molecular weight excluding hydrogens is 375 g/mol. The summed E-state index contributed by atoms with van der Waals surface area (Å²) in [6.07, 6.45) is -4.51. The predicted octanol–water partition coefficient (Wildman–Crippen LogP) is 5.13. The van der Waals surface area contributed by atoms with E-state index in [0.717, 1.165) is 29.0 Å². The van der Waals surface area contributed by atoms with Crippen LogP contribution in [0.15, 0.2) is 48.5 Å². The van der Waals surface area contributed by atoms with Gasteiger partial charge in [0, 0.05) is 16.1 Å². The Morgan fingerprint density at radius 3 is 2.48 bits per heavy atom. The second kappa shape index (κ2) is 6.81. The fourth-order valence-corrected chi connectivity index (χ4v) is 2.86. The maximum absolute atomic E-state index is 12.7. The Morgan fingerprint density at radius 1 is 1.08 bits per heavy atom. The summed E-state index contributed by atoms with van der Waals surface area (Å²) in [5.41, 5.74) is -0.237. The maximum Gasteiger partial charge on any atom is 0.416 e. The highest BCUT2D eigenvalue weighted by Crippen LogP contribution is 2.30. The molecule has 0 unspecified atom stereocenters. The van der Waals surface area contributed by atoms with Gasteiger partial charge in [0.05, 0.1) is 5.56 Å². The van der Waals surface area contributed by atoms with Crippen LogP contribution in [-0.4, -0.2) is 16.1 Å². The molecule has 0 spiro atoms. The molecule has 1 amide bonds. The van der Waals surface area contributed by atoms with E-state index in [0.29, 0.717) is 10.0 Å². The van der Waals surface area contributed by atoms with Crippen molar-refractivity contribution in [1.29, 1.82) is 0 Å². The molecule has 0 aliphatic rings. The number of anilines is 1. The molecule has 0 bridgehead atoms. The fraction of sp³-hybridized carbons (Fsp3) is 0.0625. The first-order valence-corrected chi connectivity index (χ1v) is 8.10. The van der Waals surface area contributed by atoms with Gasteiger partial charge in [-0.3, -0.25) is 10.1 Å². The number of hydrogen-bond acceptors (Lipinski definition) is 4. The topological polar surface area (TPSA) is 54.9 Å². The molecule has 2 aromatic carbocycles. The lowest BCUT2D eigenvalue weighted by molar-refractivity contribution is -0.137. The Kier molecular flexibility index (Phi) is 4.73. The molecule has 0 atom stereocenters. The Bertz CT molecular complexity index is 909. The maximum atomic E-state index is 12.7. The molecule has 3 rings (SSSR count). The van der Waals surface area contributed by atoms with Gasteiger partial charge in [-0.05, 0) is 30.3 Å². The van der Waals surface area contributed by atoms with Gasteiger partial charge >= 0.3 is 6.18 Å². The van der Waals surface area contributed by atoms with Crippen LogP contribution in [0.4, 0.5) is 18.3 Å². The molecule has 0 aliphatic carbocycles. The predicted molar refractivity (Wildman–Crippen MR) is 89.8 cm³/mol. The number of rotatable bonds is 3. The summed E-state index contributed by atoms with van der Waals surface area (Å²) in [6, 6.07) is 11.1. The van der Waals surface area contributed by atoms with Crippen molar-refractivity contribution < 1.29 is 18.0 Å². The second-order valence-electron chi connectivity index (χ2n) is 4.95. The van der Waals surface area contributed by atoms with E-state index in [-0.39, 0.29) is 10.7 Å². The van der Waals surface area contributed by atoms with Crippen LogP contribution in [0.5, 0.6) is 0 Å². The van der Waals surface area contributed by atoms with Crippen molar-refractivity contribution in [1.82, 2.24) is 10.2 Å². The van der Waals surface area contributed by atoms with E-state index in [1.165, 1.54) is 12.1 Å². The number of carbonyl (C=O) groups excluding carboxylic acids is 1. The van der Waals surface area contributed by atoms with Crippen molar-refractivity contribution in [2.75, 3.05) is 5.32 Å². The van der Waals surface area contributed by atoms with Gasteiger partial charge in [0.15, 0.2) is 0 Å². The second-order valence-corrected chi connectivity index (χ2v) is 6.37. The number of alkyl halides is 3. The third-order valence-corrected chi connectivity index (χ3v) is 4.33. The standard InChI is InChI=1S/C16H9ClF3N3OS/c17-12-6-4-9(5-7-12)14-22-23-15(25-14)21-13(24)10-2-1-3-11(8-10)16(18,19)20/h1-8H,(H,21,23,24). The van der Waals surface area contributed by atoms with E-state index in [2.05, 4.69) is 15.5 Å². The van der Waals surface area contributed by atoms with Crippen LogP contribution >= 0.6 is 22.9 Å². The lowest BCUT2D eigenvalue weighted by Gasteiger charge is -2.08. The van der Waals surface area contributed by atoms with Crippen molar-refractivity contribution in [3.63, 3.8) is 0 Å². The molecule has 25 heavy (non-hydrogen) atoms. The molecule has 3 aromatic rings. The summed E-state index contributed by atoms with van der Waals surface area (Å²) in [7, 11) is 0.